The van der Waals surface area contributed by atoms with Crippen LogP contribution in [0.1, 0.15) is 18.4 Å². The molecule has 0 saturated carbocycles. The maximum absolute atomic E-state index is 5.93. The van der Waals surface area contributed by atoms with Gasteiger partial charge in [0.25, 0.3) is 0 Å². The fourth-order valence-electron chi connectivity index (χ4n) is 3.08. The van der Waals surface area contributed by atoms with Gasteiger partial charge in [0.1, 0.15) is 0 Å². The lowest BCUT2D eigenvalue weighted by atomic mass is 10.1. The van der Waals surface area contributed by atoms with Crippen LogP contribution in [0.5, 0.6) is 0 Å². The summed E-state index contributed by atoms with van der Waals surface area (Å²) in [6, 6.07) is 6.42. The number of quaternary nitrogens is 1. The summed E-state index contributed by atoms with van der Waals surface area (Å²) in [5.74, 6) is 0. The fourth-order valence-corrected chi connectivity index (χ4v) is 3.08. The van der Waals surface area contributed by atoms with Crippen LogP contribution in [0.25, 0.3) is 0 Å². The summed E-state index contributed by atoms with van der Waals surface area (Å²) in [6.07, 6.45) is 2.53. The summed E-state index contributed by atoms with van der Waals surface area (Å²) in [5, 5.41) is 0. The number of nitrogen functional groups attached to an aromatic ring is 1. The molecule has 0 aliphatic carbocycles. The molecule has 0 radical (unpaired) electrons. The van der Waals surface area contributed by atoms with Crippen molar-refractivity contribution in [2.24, 2.45) is 0 Å². The molecule has 4 nitrogen and oxygen atoms in total. The average Bonchev–Trinajstić information content (AvgIpc) is 2.66. The van der Waals surface area contributed by atoms with Gasteiger partial charge in [0.05, 0.1) is 27.7 Å². The summed E-state index contributed by atoms with van der Waals surface area (Å²) in [5.41, 5.74) is 9.32. The molecule has 2 N–H and O–H groups in total. The lowest BCUT2D eigenvalue weighted by Gasteiger charge is -2.27. The van der Waals surface area contributed by atoms with Crippen molar-refractivity contribution >= 4 is 11.4 Å². The Balaban J connectivity index is 1.85. The van der Waals surface area contributed by atoms with Crippen molar-refractivity contribution in [1.29, 1.82) is 0 Å². The van der Waals surface area contributed by atoms with Gasteiger partial charge in [0.2, 0.25) is 0 Å². The molecule has 0 atom stereocenters. The van der Waals surface area contributed by atoms with Gasteiger partial charge in [-0.05, 0) is 43.7 Å². The van der Waals surface area contributed by atoms with Gasteiger partial charge >= 0.3 is 0 Å². The first-order valence-electron chi connectivity index (χ1n) is 8.49. The van der Waals surface area contributed by atoms with Crippen molar-refractivity contribution in [1.82, 2.24) is 4.90 Å². The largest absolute Gasteiger partial charge is 0.399 e. The third kappa shape index (κ3) is 5.18. The third-order valence-electron chi connectivity index (χ3n) is 4.51. The van der Waals surface area contributed by atoms with Crippen LogP contribution in [0.3, 0.4) is 0 Å². The van der Waals surface area contributed by atoms with E-state index in [0.717, 1.165) is 23.3 Å². The van der Waals surface area contributed by atoms with Gasteiger partial charge in [-0.3, -0.25) is 0 Å². The molecule has 0 spiro atoms. The first-order valence-corrected chi connectivity index (χ1v) is 8.49. The van der Waals surface area contributed by atoms with Crippen LogP contribution in [0.2, 0.25) is 0 Å². The zero-order valence-electron chi connectivity index (χ0n) is 14.8. The van der Waals surface area contributed by atoms with Crippen molar-refractivity contribution in [2.75, 3.05) is 71.0 Å². The molecule has 1 aromatic carbocycles. The minimum Gasteiger partial charge on any atom is -0.399 e. The highest BCUT2D eigenvalue weighted by atomic mass is 15.3. The predicted molar refractivity (Wildman–Crippen MR) is 96.4 cm³/mol. The van der Waals surface area contributed by atoms with Crippen LogP contribution >= 0.6 is 0 Å². The number of nitrogens with two attached hydrogens (primary N) is 1. The molecule has 1 saturated heterocycles. The SMILES string of the molecule is Cc1cc(N2CCCN(CCC[N+](C)(C)C)CC2)ccc1N. The Morgan fingerprint density at radius 1 is 1.09 bits per heavy atom. The van der Waals surface area contributed by atoms with E-state index in [0.29, 0.717) is 0 Å². The zero-order chi connectivity index (χ0) is 16.2. The lowest BCUT2D eigenvalue weighted by Crippen LogP contribution is -2.38. The Morgan fingerprint density at radius 3 is 2.55 bits per heavy atom. The second-order valence-electron chi connectivity index (χ2n) is 7.59. The molecule has 0 aromatic heterocycles. The summed E-state index contributed by atoms with van der Waals surface area (Å²) in [7, 11) is 6.81. The Kier molecular flexibility index (Phi) is 5.70. The fraction of sp³-hybridized carbons (Fsp3) is 0.667. The average molecular weight is 305 g/mol. The van der Waals surface area contributed by atoms with E-state index in [1.54, 1.807) is 0 Å². The van der Waals surface area contributed by atoms with Gasteiger partial charge in [0, 0.05) is 44.0 Å². The van der Waals surface area contributed by atoms with Crippen molar-refractivity contribution in [3.8, 4) is 0 Å². The van der Waals surface area contributed by atoms with E-state index in [1.165, 1.54) is 50.3 Å². The Bertz CT molecular complexity index is 478. The molecule has 1 heterocycles. The van der Waals surface area contributed by atoms with Crippen LogP contribution in [-0.2, 0) is 0 Å². The highest BCUT2D eigenvalue weighted by molar-refractivity contribution is 5.58. The second kappa shape index (κ2) is 7.34. The molecular formula is C18H33N4+. The molecule has 1 aromatic rings. The number of hydrogen-bond donors (Lipinski definition) is 1. The van der Waals surface area contributed by atoms with Crippen LogP contribution in [0, 0.1) is 6.92 Å². The highest BCUT2D eigenvalue weighted by Gasteiger charge is 2.16. The third-order valence-corrected chi connectivity index (χ3v) is 4.51. The summed E-state index contributed by atoms with van der Waals surface area (Å²) < 4.78 is 1.06. The molecule has 4 heteroatoms. The Morgan fingerprint density at radius 2 is 1.86 bits per heavy atom. The van der Waals surface area contributed by atoms with E-state index >= 15 is 0 Å². The minimum atomic E-state index is 0.889. The van der Waals surface area contributed by atoms with Crippen molar-refractivity contribution in [3.63, 3.8) is 0 Å². The molecule has 22 heavy (non-hydrogen) atoms. The molecule has 1 aliphatic heterocycles. The lowest BCUT2D eigenvalue weighted by molar-refractivity contribution is -0.870. The highest BCUT2D eigenvalue weighted by Crippen LogP contribution is 2.21. The van der Waals surface area contributed by atoms with Crippen molar-refractivity contribution in [3.05, 3.63) is 23.8 Å². The van der Waals surface area contributed by atoms with E-state index in [2.05, 4.69) is 50.0 Å². The maximum Gasteiger partial charge on any atom is 0.0792 e. The molecule has 0 amide bonds. The molecule has 1 aliphatic rings. The number of rotatable bonds is 5. The predicted octanol–water partition coefficient (Wildman–Crippen LogP) is 2.19. The van der Waals surface area contributed by atoms with Gasteiger partial charge in [-0.1, -0.05) is 0 Å². The minimum absolute atomic E-state index is 0.889. The standard InChI is InChI=1S/C18H33N4/c1-16-15-17(7-8-18(16)19)21-11-5-9-20(12-13-21)10-6-14-22(2,3)4/h7-8,15H,5-6,9-14,19H2,1-4H3/q+1. The smallest absolute Gasteiger partial charge is 0.0792 e. The van der Waals surface area contributed by atoms with Crippen LogP contribution in [0.15, 0.2) is 18.2 Å². The number of aryl methyl sites for hydroxylation is 1. The van der Waals surface area contributed by atoms with Crippen LogP contribution < -0.4 is 10.6 Å². The van der Waals surface area contributed by atoms with E-state index in [4.69, 9.17) is 5.73 Å². The van der Waals surface area contributed by atoms with E-state index in [9.17, 15) is 0 Å². The molecule has 0 unspecified atom stereocenters. The maximum atomic E-state index is 5.93. The van der Waals surface area contributed by atoms with E-state index in [-0.39, 0.29) is 0 Å². The quantitative estimate of drug-likeness (QED) is 0.668. The second-order valence-corrected chi connectivity index (χ2v) is 7.59. The first kappa shape index (κ1) is 17.1. The molecule has 2 rings (SSSR count). The Hall–Kier alpha value is -1.26. The van der Waals surface area contributed by atoms with Crippen LogP contribution in [0.4, 0.5) is 11.4 Å². The summed E-state index contributed by atoms with van der Waals surface area (Å²) in [4.78, 5) is 5.13. The number of benzene rings is 1. The monoisotopic (exact) mass is 305 g/mol. The number of nitrogens with zero attached hydrogens (tertiary/aromatic N) is 3. The van der Waals surface area contributed by atoms with E-state index in [1.807, 2.05) is 6.07 Å². The molecule has 124 valence electrons. The van der Waals surface area contributed by atoms with Gasteiger partial charge in [-0.2, -0.15) is 0 Å². The van der Waals surface area contributed by atoms with Crippen molar-refractivity contribution < 1.29 is 4.48 Å². The van der Waals surface area contributed by atoms with Gasteiger partial charge in [-0.15, -0.1) is 0 Å². The Labute approximate surface area is 136 Å². The number of anilines is 2. The normalized spacial score (nSPS) is 17.5. The van der Waals surface area contributed by atoms with Gasteiger partial charge in [0.15, 0.2) is 0 Å². The van der Waals surface area contributed by atoms with Gasteiger partial charge in [-0.25, -0.2) is 0 Å². The number of hydrogen-bond acceptors (Lipinski definition) is 3. The van der Waals surface area contributed by atoms with E-state index < -0.39 is 0 Å². The summed E-state index contributed by atoms with van der Waals surface area (Å²) >= 11 is 0. The van der Waals surface area contributed by atoms with Gasteiger partial charge < -0.3 is 20.0 Å². The first-order chi connectivity index (χ1) is 10.3. The van der Waals surface area contributed by atoms with Crippen LogP contribution in [-0.4, -0.2) is 69.8 Å². The topological polar surface area (TPSA) is 32.5 Å². The zero-order valence-corrected chi connectivity index (χ0v) is 14.8. The van der Waals surface area contributed by atoms with Crippen molar-refractivity contribution in [2.45, 2.75) is 19.8 Å². The molecule has 0 bridgehead atoms. The molecule has 1 fully saturated rings. The summed E-state index contributed by atoms with van der Waals surface area (Å²) in [6.45, 7) is 9.22. The molecular weight excluding hydrogens is 272 g/mol.